The summed E-state index contributed by atoms with van der Waals surface area (Å²) >= 11 is 0. The monoisotopic (exact) mass is 178 g/mol. The third-order valence-electron chi connectivity index (χ3n) is 1.55. The lowest BCUT2D eigenvalue weighted by molar-refractivity contribution is 0.421. The second-order valence-electron chi connectivity index (χ2n) is 2.66. The first kappa shape index (κ1) is 9.40. The minimum absolute atomic E-state index is 0.0630. The van der Waals surface area contributed by atoms with Gasteiger partial charge in [-0.2, -0.15) is 0 Å². The summed E-state index contributed by atoms with van der Waals surface area (Å²) in [7, 11) is 0. The summed E-state index contributed by atoms with van der Waals surface area (Å²) in [6.45, 7) is 0. The van der Waals surface area contributed by atoms with Gasteiger partial charge in [-0.05, 0) is 6.42 Å². The molecule has 3 heteroatoms. The molecule has 13 heavy (non-hydrogen) atoms. The van der Waals surface area contributed by atoms with Crippen LogP contribution in [0.1, 0.15) is 18.6 Å². The number of unbranched alkanes of at least 4 members (excludes halogenated alkanes) is 1. The molecular formula is C10H10O3. The normalized spacial score (nSPS) is 9.46. The van der Waals surface area contributed by atoms with E-state index >= 15 is 0 Å². The van der Waals surface area contributed by atoms with Crippen molar-refractivity contribution in [3.8, 4) is 18.1 Å². The molecule has 0 saturated carbocycles. The third-order valence-corrected chi connectivity index (χ3v) is 1.55. The van der Waals surface area contributed by atoms with Crippen LogP contribution in [0.25, 0.3) is 0 Å². The van der Waals surface area contributed by atoms with Crippen molar-refractivity contribution in [3.05, 3.63) is 28.3 Å². The second-order valence-corrected chi connectivity index (χ2v) is 2.66. The first-order valence-corrected chi connectivity index (χ1v) is 3.99. The maximum atomic E-state index is 10.8. The van der Waals surface area contributed by atoms with E-state index in [9.17, 15) is 4.79 Å². The van der Waals surface area contributed by atoms with Gasteiger partial charge in [-0.1, -0.05) is 0 Å². The zero-order valence-corrected chi connectivity index (χ0v) is 7.12. The van der Waals surface area contributed by atoms with Crippen molar-refractivity contribution in [1.29, 1.82) is 0 Å². The van der Waals surface area contributed by atoms with Crippen LogP contribution in [-0.4, -0.2) is 5.11 Å². The van der Waals surface area contributed by atoms with Crippen molar-refractivity contribution in [2.24, 2.45) is 0 Å². The topological polar surface area (TPSA) is 50.4 Å². The number of rotatable bonds is 3. The Morgan fingerprint density at radius 2 is 2.31 bits per heavy atom. The Balaban J connectivity index is 2.68. The molecule has 0 unspecified atom stereocenters. The van der Waals surface area contributed by atoms with Gasteiger partial charge >= 0.3 is 5.63 Å². The molecule has 1 N–H and O–H groups in total. The van der Waals surface area contributed by atoms with E-state index in [1.807, 2.05) is 0 Å². The number of terminal acetylenes is 1. The molecule has 0 atom stereocenters. The molecule has 68 valence electrons. The van der Waals surface area contributed by atoms with Crippen molar-refractivity contribution in [2.45, 2.75) is 19.3 Å². The number of aryl methyl sites for hydroxylation is 1. The highest BCUT2D eigenvalue weighted by Crippen LogP contribution is 2.09. The molecule has 0 aliphatic rings. The maximum absolute atomic E-state index is 10.8. The first-order valence-electron chi connectivity index (χ1n) is 3.99. The lowest BCUT2D eigenvalue weighted by atomic mass is 10.2. The van der Waals surface area contributed by atoms with Crippen LogP contribution in [0, 0.1) is 12.3 Å². The third kappa shape index (κ3) is 3.04. The van der Waals surface area contributed by atoms with Gasteiger partial charge in [-0.25, -0.2) is 4.79 Å². The Labute approximate surface area is 76.0 Å². The van der Waals surface area contributed by atoms with Crippen LogP contribution in [0.5, 0.6) is 5.75 Å². The van der Waals surface area contributed by atoms with Crippen molar-refractivity contribution in [3.63, 3.8) is 0 Å². The predicted octanol–water partition coefficient (Wildman–Crippen LogP) is 1.30. The molecule has 1 aromatic rings. The molecule has 0 radical (unpaired) electrons. The van der Waals surface area contributed by atoms with E-state index < -0.39 is 5.63 Å². The highest BCUT2D eigenvalue weighted by molar-refractivity contribution is 5.18. The number of aromatic hydroxyl groups is 1. The van der Waals surface area contributed by atoms with Gasteiger partial charge in [0.05, 0.1) is 6.07 Å². The van der Waals surface area contributed by atoms with Crippen LogP contribution >= 0.6 is 0 Å². The Hall–Kier alpha value is -1.69. The van der Waals surface area contributed by atoms with Gasteiger partial charge in [0.25, 0.3) is 0 Å². The summed E-state index contributed by atoms with van der Waals surface area (Å²) < 4.78 is 4.82. The lowest BCUT2D eigenvalue weighted by Crippen LogP contribution is -1.98. The van der Waals surface area contributed by atoms with E-state index in [0.717, 1.165) is 12.5 Å². The fourth-order valence-corrected chi connectivity index (χ4v) is 1.00. The molecule has 0 bridgehead atoms. The average Bonchev–Trinajstić information content (AvgIpc) is 2.03. The minimum atomic E-state index is -0.532. The Bertz CT molecular complexity index is 370. The average molecular weight is 178 g/mol. The highest BCUT2D eigenvalue weighted by atomic mass is 16.4. The molecule has 1 rings (SSSR count). The van der Waals surface area contributed by atoms with Gasteiger partial charge in [0.2, 0.25) is 0 Å². The molecule has 0 saturated heterocycles. The minimum Gasteiger partial charge on any atom is -0.508 e. The molecule has 0 fully saturated rings. The molecule has 0 amide bonds. The fourth-order valence-electron chi connectivity index (χ4n) is 1.00. The van der Waals surface area contributed by atoms with Gasteiger partial charge in [0, 0.05) is 18.9 Å². The Kier molecular flexibility index (Phi) is 3.15. The number of hydrogen-bond donors (Lipinski definition) is 1. The first-order chi connectivity index (χ1) is 6.22. The molecule has 0 aliphatic heterocycles. The lowest BCUT2D eigenvalue weighted by Gasteiger charge is -1.97. The summed E-state index contributed by atoms with van der Waals surface area (Å²) in [6.07, 6.45) is 7.03. The summed E-state index contributed by atoms with van der Waals surface area (Å²) in [5.74, 6) is 2.89. The highest BCUT2D eigenvalue weighted by Gasteiger charge is 1.99. The Morgan fingerprint density at radius 1 is 1.54 bits per heavy atom. The predicted molar refractivity (Wildman–Crippen MR) is 48.4 cm³/mol. The SMILES string of the molecule is C#CCCCc1cc(O)cc(=O)o1. The van der Waals surface area contributed by atoms with E-state index in [0.29, 0.717) is 18.6 Å². The molecule has 0 aromatic carbocycles. The molecule has 1 heterocycles. The largest absolute Gasteiger partial charge is 0.508 e. The van der Waals surface area contributed by atoms with Crippen LogP contribution < -0.4 is 5.63 Å². The van der Waals surface area contributed by atoms with Crippen LogP contribution in [0.4, 0.5) is 0 Å². The summed E-state index contributed by atoms with van der Waals surface area (Å²) in [5.41, 5.74) is -0.532. The maximum Gasteiger partial charge on any atom is 0.339 e. The zero-order chi connectivity index (χ0) is 9.68. The van der Waals surface area contributed by atoms with Crippen molar-refractivity contribution in [2.75, 3.05) is 0 Å². The van der Waals surface area contributed by atoms with Gasteiger partial charge in [-0.3, -0.25) is 0 Å². The quantitative estimate of drug-likeness (QED) is 0.560. The molecule has 0 aliphatic carbocycles. The van der Waals surface area contributed by atoms with Gasteiger partial charge in [-0.15, -0.1) is 12.3 Å². The van der Waals surface area contributed by atoms with Crippen LogP contribution in [-0.2, 0) is 6.42 Å². The fraction of sp³-hybridized carbons (Fsp3) is 0.300. The summed E-state index contributed by atoms with van der Waals surface area (Å²) in [6, 6.07) is 2.46. The smallest absolute Gasteiger partial charge is 0.339 e. The van der Waals surface area contributed by atoms with E-state index in [-0.39, 0.29) is 5.75 Å². The van der Waals surface area contributed by atoms with Crippen molar-refractivity contribution < 1.29 is 9.52 Å². The molecule has 1 aromatic heterocycles. The van der Waals surface area contributed by atoms with Crippen LogP contribution in [0.15, 0.2) is 21.3 Å². The Morgan fingerprint density at radius 3 is 2.92 bits per heavy atom. The zero-order valence-electron chi connectivity index (χ0n) is 7.12. The van der Waals surface area contributed by atoms with Gasteiger partial charge < -0.3 is 9.52 Å². The van der Waals surface area contributed by atoms with Crippen molar-refractivity contribution in [1.82, 2.24) is 0 Å². The van der Waals surface area contributed by atoms with Crippen molar-refractivity contribution >= 4 is 0 Å². The molecular weight excluding hydrogens is 168 g/mol. The van der Waals surface area contributed by atoms with Gasteiger partial charge in [0.1, 0.15) is 11.5 Å². The molecule has 0 spiro atoms. The number of hydrogen-bond acceptors (Lipinski definition) is 3. The second kappa shape index (κ2) is 4.36. The molecule has 3 nitrogen and oxygen atoms in total. The summed E-state index contributed by atoms with van der Waals surface area (Å²) in [5, 5.41) is 9.05. The van der Waals surface area contributed by atoms with Crippen LogP contribution in [0.2, 0.25) is 0 Å². The van der Waals surface area contributed by atoms with E-state index in [2.05, 4.69) is 5.92 Å². The van der Waals surface area contributed by atoms with Gasteiger partial charge in [0.15, 0.2) is 0 Å². The van der Waals surface area contributed by atoms with E-state index in [1.165, 1.54) is 6.07 Å². The van der Waals surface area contributed by atoms with Crippen LogP contribution in [0.3, 0.4) is 0 Å². The standard InChI is InChI=1S/C10H10O3/c1-2-3-4-5-9-6-8(11)7-10(12)13-9/h1,6-7,11H,3-5H2. The van der Waals surface area contributed by atoms with E-state index in [1.54, 1.807) is 0 Å². The summed E-state index contributed by atoms with van der Waals surface area (Å²) in [4.78, 5) is 10.8. The van der Waals surface area contributed by atoms with E-state index in [4.69, 9.17) is 15.9 Å².